The van der Waals surface area contributed by atoms with Crippen molar-refractivity contribution >= 4 is 5.97 Å². The summed E-state index contributed by atoms with van der Waals surface area (Å²) in [5.74, 6) is 0.580. The maximum absolute atomic E-state index is 13.9. The van der Waals surface area contributed by atoms with E-state index >= 15 is 0 Å². The largest absolute Gasteiger partial charge is 0.424 e. The van der Waals surface area contributed by atoms with Gasteiger partial charge in [0.1, 0.15) is 11.8 Å². The number of nitriles is 1. The van der Waals surface area contributed by atoms with Gasteiger partial charge in [0, 0.05) is 0 Å². The number of rotatable bonds is 17. The van der Waals surface area contributed by atoms with Crippen LogP contribution in [0.5, 0.6) is 5.75 Å². The minimum Gasteiger partial charge on any atom is -0.424 e. The molecule has 1 unspecified atom stereocenters. The molecule has 0 aliphatic heterocycles. The molecule has 40 heavy (non-hydrogen) atoms. The fourth-order valence-electron chi connectivity index (χ4n) is 6.31. The van der Waals surface area contributed by atoms with E-state index in [0.717, 1.165) is 56.1 Å². The van der Waals surface area contributed by atoms with Gasteiger partial charge in [0.15, 0.2) is 0 Å². The second-order valence-electron chi connectivity index (χ2n) is 12.2. The van der Waals surface area contributed by atoms with Gasteiger partial charge in [-0.05, 0) is 66.8 Å². The molecule has 1 saturated carbocycles. The summed E-state index contributed by atoms with van der Waals surface area (Å²) in [6.45, 7) is 6.72. The third-order valence-corrected chi connectivity index (χ3v) is 9.06. The van der Waals surface area contributed by atoms with Gasteiger partial charge in [-0.2, -0.15) is 5.26 Å². The van der Waals surface area contributed by atoms with Crippen LogP contribution < -0.4 is 4.74 Å². The van der Waals surface area contributed by atoms with Crippen molar-refractivity contribution in [2.75, 3.05) is 0 Å². The molecule has 0 saturated heterocycles. The highest BCUT2D eigenvalue weighted by Gasteiger charge is 2.43. The maximum atomic E-state index is 13.9. The van der Waals surface area contributed by atoms with Crippen LogP contribution in [0, 0.1) is 11.3 Å². The zero-order chi connectivity index (χ0) is 28.6. The van der Waals surface area contributed by atoms with Gasteiger partial charge < -0.3 is 4.74 Å². The number of benzene rings is 2. The molecular weight excluding hydrogens is 490 g/mol. The highest BCUT2D eigenvalue weighted by molar-refractivity contribution is 5.85. The Hall–Kier alpha value is -2.60. The van der Waals surface area contributed by atoms with E-state index in [1.165, 1.54) is 76.2 Å². The standard InChI is InChI=1S/C37H53NO2/c1-4-6-8-10-11-12-15-19-31-20-23-34(24-21-31)37(26-16-13-17-27-37)36(39)40-35-25-22-32(28-33(35)29-38)30(3)18-14-9-7-5-2/h20-25,28,30H,4-19,26-27H2,1-3H3. The molecule has 218 valence electrons. The molecule has 2 aromatic carbocycles. The summed E-state index contributed by atoms with van der Waals surface area (Å²) >= 11 is 0. The van der Waals surface area contributed by atoms with Crippen molar-refractivity contribution in [1.29, 1.82) is 5.26 Å². The molecule has 0 heterocycles. The van der Waals surface area contributed by atoms with E-state index in [1.807, 2.05) is 18.2 Å². The van der Waals surface area contributed by atoms with Crippen LogP contribution in [0.15, 0.2) is 42.5 Å². The predicted octanol–water partition coefficient (Wildman–Crippen LogP) is 10.7. The molecule has 1 aliphatic carbocycles. The van der Waals surface area contributed by atoms with E-state index in [-0.39, 0.29) is 5.97 Å². The van der Waals surface area contributed by atoms with Gasteiger partial charge >= 0.3 is 5.97 Å². The van der Waals surface area contributed by atoms with E-state index in [4.69, 9.17) is 4.74 Å². The van der Waals surface area contributed by atoms with Crippen LogP contribution in [-0.4, -0.2) is 5.97 Å². The Kier molecular flexibility index (Phi) is 13.8. The molecule has 0 bridgehead atoms. The van der Waals surface area contributed by atoms with Crippen molar-refractivity contribution in [3.63, 3.8) is 0 Å². The second-order valence-corrected chi connectivity index (χ2v) is 12.2. The Morgan fingerprint density at radius 2 is 1.48 bits per heavy atom. The van der Waals surface area contributed by atoms with E-state index in [0.29, 0.717) is 17.2 Å². The van der Waals surface area contributed by atoms with E-state index < -0.39 is 5.41 Å². The lowest BCUT2D eigenvalue weighted by Crippen LogP contribution is -2.41. The van der Waals surface area contributed by atoms with Gasteiger partial charge in [-0.25, -0.2) is 0 Å². The highest BCUT2D eigenvalue weighted by Crippen LogP contribution is 2.41. The molecule has 0 N–H and O–H groups in total. The Labute approximate surface area is 244 Å². The first-order valence-corrected chi connectivity index (χ1v) is 16.4. The average molecular weight is 544 g/mol. The number of carbonyl (C=O) groups is 1. The topological polar surface area (TPSA) is 50.1 Å². The number of nitrogens with zero attached hydrogens (tertiary/aromatic N) is 1. The Bertz CT molecular complexity index is 1060. The average Bonchev–Trinajstić information content (AvgIpc) is 2.99. The van der Waals surface area contributed by atoms with Crippen LogP contribution in [-0.2, 0) is 16.6 Å². The van der Waals surface area contributed by atoms with Gasteiger partial charge in [0.2, 0.25) is 0 Å². The minimum absolute atomic E-state index is 0.205. The SMILES string of the molecule is CCCCCCCCCc1ccc(C2(C(=O)Oc3ccc(C(C)CCCCCC)cc3C#N)CCCCC2)cc1. The highest BCUT2D eigenvalue weighted by atomic mass is 16.5. The van der Waals surface area contributed by atoms with Crippen LogP contribution in [0.3, 0.4) is 0 Å². The van der Waals surface area contributed by atoms with Crippen LogP contribution >= 0.6 is 0 Å². The summed E-state index contributed by atoms with van der Waals surface area (Å²) in [5, 5.41) is 9.91. The lowest BCUT2D eigenvalue weighted by Gasteiger charge is -2.35. The van der Waals surface area contributed by atoms with Crippen molar-refractivity contribution in [2.24, 2.45) is 0 Å². The molecule has 1 fully saturated rings. The predicted molar refractivity (Wildman–Crippen MR) is 167 cm³/mol. The summed E-state index contributed by atoms with van der Waals surface area (Å²) in [4.78, 5) is 13.9. The fraction of sp³-hybridized carbons (Fsp3) is 0.622. The van der Waals surface area contributed by atoms with Crippen LogP contribution in [0.25, 0.3) is 0 Å². The first-order valence-electron chi connectivity index (χ1n) is 16.4. The summed E-state index contributed by atoms with van der Waals surface area (Å²) in [5.41, 5.74) is 3.40. The van der Waals surface area contributed by atoms with Crippen LogP contribution in [0.1, 0.15) is 158 Å². The summed E-state index contributed by atoms with van der Waals surface area (Å²) in [7, 11) is 0. The third-order valence-electron chi connectivity index (χ3n) is 9.06. The first-order chi connectivity index (χ1) is 19.5. The molecule has 3 rings (SSSR count). The lowest BCUT2D eigenvalue weighted by molar-refractivity contribution is -0.142. The maximum Gasteiger partial charge on any atom is 0.321 e. The summed E-state index contributed by atoms with van der Waals surface area (Å²) in [6, 6.07) is 16.9. The van der Waals surface area contributed by atoms with Crippen molar-refractivity contribution in [2.45, 2.75) is 148 Å². The zero-order valence-electron chi connectivity index (χ0n) is 25.6. The first kappa shape index (κ1) is 31.9. The lowest BCUT2D eigenvalue weighted by atomic mass is 9.69. The Morgan fingerprint density at radius 3 is 2.12 bits per heavy atom. The Morgan fingerprint density at radius 1 is 0.850 bits per heavy atom. The van der Waals surface area contributed by atoms with Crippen LogP contribution in [0.2, 0.25) is 0 Å². The Balaban J connectivity index is 1.66. The van der Waals surface area contributed by atoms with E-state index in [1.54, 1.807) is 0 Å². The minimum atomic E-state index is -0.631. The number of hydrogen-bond acceptors (Lipinski definition) is 3. The van der Waals surface area contributed by atoms with Gasteiger partial charge in [-0.1, -0.05) is 135 Å². The number of unbranched alkanes of at least 4 members (excludes halogenated alkanes) is 9. The molecule has 0 radical (unpaired) electrons. The normalized spacial score (nSPS) is 15.3. The quantitative estimate of drug-likeness (QED) is 0.113. The number of ether oxygens (including phenoxy) is 1. The number of hydrogen-bond donors (Lipinski definition) is 0. The molecule has 3 heteroatoms. The number of esters is 1. The van der Waals surface area contributed by atoms with E-state index in [2.05, 4.69) is 51.1 Å². The number of aryl methyl sites for hydroxylation is 1. The van der Waals surface area contributed by atoms with Gasteiger partial charge in [0.05, 0.1) is 11.0 Å². The van der Waals surface area contributed by atoms with Gasteiger partial charge in [-0.15, -0.1) is 0 Å². The molecule has 1 atom stereocenters. The van der Waals surface area contributed by atoms with Gasteiger partial charge in [0.25, 0.3) is 0 Å². The zero-order valence-corrected chi connectivity index (χ0v) is 25.6. The van der Waals surface area contributed by atoms with Crippen molar-refractivity contribution in [3.05, 3.63) is 64.7 Å². The third kappa shape index (κ3) is 9.22. The second kappa shape index (κ2) is 17.3. The molecule has 0 aromatic heterocycles. The number of carbonyl (C=O) groups excluding carboxylic acids is 1. The molecular formula is C37H53NO2. The molecule has 3 nitrogen and oxygen atoms in total. The molecule has 0 spiro atoms. The molecule has 0 amide bonds. The smallest absolute Gasteiger partial charge is 0.321 e. The monoisotopic (exact) mass is 543 g/mol. The van der Waals surface area contributed by atoms with Gasteiger partial charge in [-0.3, -0.25) is 4.79 Å². The fourth-order valence-corrected chi connectivity index (χ4v) is 6.31. The summed E-state index contributed by atoms with van der Waals surface area (Å²) < 4.78 is 6.07. The molecule has 1 aliphatic rings. The van der Waals surface area contributed by atoms with Crippen molar-refractivity contribution in [1.82, 2.24) is 0 Å². The van der Waals surface area contributed by atoms with Crippen molar-refractivity contribution in [3.8, 4) is 11.8 Å². The van der Waals surface area contributed by atoms with Crippen LogP contribution in [0.4, 0.5) is 0 Å². The van der Waals surface area contributed by atoms with E-state index in [9.17, 15) is 10.1 Å². The molecule has 2 aromatic rings. The van der Waals surface area contributed by atoms with Crippen molar-refractivity contribution < 1.29 is 9.53 Å². The summed E-state index contributed by atoms with van der Waals surface area (Å²) in [6.07, 6.45) is 21.2.